The normalized spacial score (nSPS) is 19.9. The lowest BCUT2D eigenvalue weighted by molar-refractivity contribution is 0.256. The van der Waals surface area contributed by atoms with E-state index < -0.39 is 0 Å². The van der Waals surface area contributed by atoms with Gasteiger partial charge >= 0.3 is 0 Å². The number of nitrogens with two attached hydrogens (primary N) is 1. The Hall–Kier alpha value is -2.67. The summed E-state index contributed by atoms with van der Waals surface area (Å²) in [4.78, 5) is 27.4. The first-order valence-electron chi connectivity index (χ1n) is 10.5. The Kier molecular flexibility index (Phi) is 4.24. The number of aromatic nitrogens is 2. The number of para-hydroxylation sites is 1. The number of piperidine rings is 1. The minimum absolute atomic E-state index is 0.00205. The van der Waals surface area contributed by atoms with Gasteiger partial charge in [0.25, 0.3) is 5.56 Å². The van der Waals surface area contributed by atoms with Crippen LogP contribution in [0.1, 0.15) is 36.6 Å². The van der Waals surface area contributed by atoms with Crippen LogP contribution in [-0.4, -0.2) is 41.6 Å². The van der Waals surface area contributed by atoms with Crippen molar-refractivity contribution in [2.75, 3.05) is 36.0 Å². The average molecular weight is 393 g/mol. The van der Waals surface area contributed by atoms with Crippen LogP contribution >= 0.6 is 0 Å². The van der Waals surface area contributed by atoms with E-state index in [2.05, 4.69) is 34.9 Å². The summed E-state index contributed by atoms with van der Waals surface area (Å²) in [7, 11) is 1.83. The summed E-state index contributed by atoms with van der Waals surface area (Å²) in [6.07, 6.45) is 3.01. The van der Waals surface area contributed by atoms with Crippen molar-refractivity contribution < 1.29 is 0 Å². The van der Waals surface area contributed by atoms with Gasteiger partial charge < -0.3 is 15.5 Å². The minimum Gasteiger partial charge on any atom is -0.342 e. The van der Waals surface area contributed by atoms with Gasteiger partial charge in [0, 0.05) is 32.4 Å². The lowest BCUT2D eigenvalue weighted by atomic mass is 9.81. The molecule has 0 saturated carbocycles. The number of nitrogens with zero attached hydrogens (tertiary/aromatic N) is 5. The second-order valence-electron chi connectivity index (χ2n) is 8.77. The zero-order valence-electron chi connectivity index (χ0n) is 17.2. The van der Waals surface area contributed by atoms with Gasteiger partial charge in [0.15, 0.2) is 0 Å². The van der Waals surface area contributed by atoms with Gasteiger partial charge in [-0.1, -0.05) is 25.1 Å². The van der Waals surface area contributed by atoms with Crippen molar-refractivity contribution in [3.63, 3.8) is 0 Å². The minimum atomic E-state index is -0.00205. The second kappa shape index (κ2) is 6.69. The molecule has 0 bridgehead atoms. The summed E-state index contributed by atoms with van der Waals surface area (Å²) in [5.74, 6) is 1.53. The van der Waals surface area contributed by atoms with Gasteiger partial charge in [0.1, 0.15) is 11.4 Å². The van der Waals surface area contributed by atoms with E-state index in [-0.39, 0.29) is 11.0 Å². The molecule has 1 saturated heterocycles. The molecule has 2 aromatic rings. The quantitative estimate of drug-likeness (QED) is 0.841. The predicted molar refractivity (Wildman–Crippen MR) is 116 cm³/mol. The van der Waals surface area contributed by atoms with Gasteiger partial charge in [0.2, 0.25) is 5.95 Å². The third kappa shape index (κ3) is 2.87. The lowest BCUT2D eigenvalue weighted by Crippen LogP contribution is -2.45. The molecule has 2 N–H and O–H groups in total. The van der Waals surface area contributed by atoms with Crippen LogP contribution in [0.25, 0.3) is 0 Å². The number of aliphatic imine (C=N–C) groups is 1. The average Bonchev–Trinajstić information content (AvgIpc) is 3.35. The van der Waals surface area contributed by atoms with Gasteiger partial charge in [-0.25, -0.2) is 4.98 Å². The number of rotatable bonds is 2. The molecule has 4 heterocycles. The lowest BCUT2D eigenvalue weighted by Gasteiger charge is -2.39. The van der Waals surface area contributed by atoms with E-state index in [9.17, 15) is 4.79 Å². The Bertz CT molecular complexity index is 1050. The maximum atomic E-state index is 13.4. The fourth-order valence-corrected chi connectivity index (χ4v) is 4.71. The molecule has 0 amide bonds. The largest absolute Gasteiger partial charge is 0.342 e. The third-order valence-corrected chi connectivity index (χ3v) is 6.83. The molecule has 152 valence electrons. The fraction of sp³-hybridized carbons (Fsp3) is 0.500. The van der Waals surface area contributed by atoms with Gasteiger partial charge in [-0.15, -0.1) is 0 Å². The molecule has 0 spiro atoms. The van der Waals surface area contributed by atoms with Gasteiger partial charge in [0.05, 0.1) is 12.2 Å². The van der Waals surface area contributed by atoms with Crippen LogP contribution in [-0.2, 0) is 20.0 Å². The molecule has 1 aromatic heterocycles. The number of amidine groups is 1. The zero-order chi connectivity index (χ0) is 20.2. The van der Waals surface area contributed by atoms with Crippen molar-refractivity contribution in [1.82, 2.24) is 9.55 Å². The first-order valence-corrected chi connectivity index (χ1v) is 10.5. The van der Waals surface area contributed by atoms with Crippen molar-refractivity contribution in [2.24, 2.45) is 23.2 Å². The maximum absolute atomic E-state index is 13.4. The van der Waals surface area contributed by atoms with E-state index in [1.54, 1.807) is 4.57 Å². The van der Waals surface area contributed by atoms with E-state index in [0.29, 0.717) is 18.7 Å². The summed E-state index contributed by atoms with van der Waals surface area (Å²) in [6, 6.07) is 8.36. The van der Waals surface area contributed by atoms with E-state index in [1.165, 1.54) is 5.56 Å². The molecular formula is C22H28N6O. The highest BCUT2D eigenvalue weighted by molar-refractivity contribution is 6.12. The van der Waals surface area contributed by atoms with Crippen LogP contribution in [0.15, 0.2) is 34.1 Å². The summed E-state index contributed by atoms with van der Waals surface area (Å²) in [5, 5.41) is 0. The summed E-state index contributed by atoms with van der Waals surface area (Å²) in [6.45, 7) is 6.02. The molecule has 0 unspecified atom stereocenters. The molecule has 3 aliphatic rings. The highest BCUT2D eigenvalue weighted by atomic mass is 16.1. The summed E-state index contributed by atoms with van der Waals surface area (Å²) in [5.41, 5.74) is 10.1. The molecule has 0 aliphatic carbocycles. The van der Waals surface area contributed by atoms with Crippen molar-refractivity contribution >= 4 is 17.5 Å². The summed E-state index contributed by atoms with van der Waals surface area (Å²) >= 11 is 0. The standard InChI is InChI=1S/C22H28N6O/c1-22(14-23)8-11-27(12-9-22)21-25-16-13-24-19(18(16)20(29)26(21)2)28-10-7-15-5-3-4-6-17(15)28/h3-6H,7-14,23H2,1-2H3. The maximum Gasteiger partial charge on any atom is 0.266 e. The monoisotopic (exact) mass is 392 g/mol. The number of hydrogen-bond donors (Lipinski definition) is 1. The Morgan fingerprint density at radius 3 is 2.69 bits per heavy atom. The van der Waals surface area contributed by atoms with Crippen molar-refractivity contribution in [3.05, 3.63) is 51.4 Å². The first kappa shape index (κ1) is 18.4. The van der Waals surface area contributed by atoms with Crippen molar-refractivity contribution in [2.45, 2.75) is 32.7 Å². The molecule has 0 atom stereocenters. The topological polar surface area (TPSA) is 79.8 Å². The Morgan fingerprint density at radius 2 is 1.93 bits per heavy atom. The van der Waals surface area contributed by atoms with Crippen LogP contribution in [0.2, 0.25) is 0 Å². The van der Waals surface area contributed by atoms with Gasteiger partial charge in [-0.05, 0) is 42.9 Å². The van der Waals surface area contributed by atoms with E-state index in [0.717, 1.165) is 62.1 Å². The highest BCUT2D eigenvalue weighted by Crippen LogP contribution is 2.33. The number of fused-ring (bicyclic) bond motifs is 2. The Labute approximate surface area is 170 Å². The predicted octanol–water partition coefficient (Wildman–Crippen LogP) is 1.67. The van der Waals surface area contributed by atoms with Crippen LogP contribution in [0, 0.1) is 5.41 Å². The van der Waals surface area contributed by atoms with Crippen molar-refractivity contribution in [1.29, 1.82) is 0 Å². The fourth-order valence-electron chi connectivity index (χ4n) is 4.71. The smallest absolute Gasteiger partial charge is 0.266 e. The van der Waals surface area contributed by atoms with E-state index >= 15 is 0 Å². The number of benzene rings is 1. The Balaban J connectivity index is 1.48. The number of hydrogen-bond acceptors (Lipinski definition) is 6. The molecule has 5 rings (SSSR count). The zero-order valence-corrected chi connectivity index (χ0v) is 17.2. The van der Waals surface area contributed by atoms with Gasteiger partial charge in [-0.2, -0.15) is 0 Å². The van der Waals surface area contributed by atoms with E-state index in [4.69, 9.17) is 15.7 Å². The molecule has 0 radical (unpaired) electrons. The van der Waals surface area contributed by atoms with Gasteiger partial charge in [-0.3, -0.25) is 14.4 Å². The number of anilines is 2. The second-order valence-corrected chi connectivity index (χ2v) is 8.77. The SMILES string of the molecule is Cn1c(N2CCC(C)(CN)CC2)nc2c(c1=O)C(N1CCc3ccccc31)=NC2. The highest BCUT2D eigenvalue weighted by Gasteiger charge is 2.34. The third-order valence-electron chi connectivity index (χ3n) is 6.83. The van der Waals surface area contributed by atoms with Crippen LogP contribution in [0.4, 0.5) is 11.6 Å². The van der Waals surface area contributed by atoms with Crippen LogP contribution in [0.5, 0.6) is 0 Å². The molecular weight excluding hydrogens is 364 g/mol. The molecule has 3 aliphatic heterocycles. The van der Waals surface area contributed by atoms with Crippen molar-refractivity contribution in [3.8, 4) is 0 Å². The van der Waals surface area contributed by atoms with Crippen LogP contribution in [0.3, 0.4) is 0 Å². The Morgan fingerprint density at radius 1 is 1.17 bits per heavy atom. The first-order chi connectivity index (χ1) is 14.0. The summed E-state index contributed by atoms with van der Waals surface area (Å²) < 4.78 is 1.70. The molecule has 7 heteroatoms. The molecule has 7 nitrogen and oxygen atoms in total. The van der Waals surface area contributed by atoms with E-state index in [1.807, 2.05) is 13.1 Å². The molecule has 1 aromatic carbocycles. The molecule has 1 fully saturated rings. The molecule has 29 heavy (non-hydrogen) atoms. The van der Waals surface area contributed by atoms with Crippen LogP contribution < -0.4 is 21.1 Å².